The third-order valence-corrected chi connectivity index (χ3v) is 3.25. The zero-order valence-corrected chi connectivity index (χ0v) is 13.2. The molecule has 2 aromatic carbocycles. The van der Waals surface area contributed by atoms with E-state index < -0.39 is 5.97 Å². The highest BCUT2D eigenvalue weighted by Crippen LogP contribution is 2.12. The summed E-state index contributed by atoms with van der Waals surface area (Å²) in [6, 6.07) is 14.4. The van der Waals surface area contributed by atoms with E-state index in [0.717, 1.165) is 16.9 Å². The van der Waals surface area contributed by atoms with Crippen molar-refractivity contribution in [1.29, 1.82) is 0 Å². The maximum atomic E-state index is 11.8. The quantitative estimate of drug-likeness (QED) is 0.832. The van der Waals surface area contributed by atoms with E-state index in [-0.39, 0.29) is 12.5 Å². The van der Waals surface area contributed by atoms with Gasteiger partial charge >= 0.3 is 5.97 Å². The van der Waals surface area contributed by atoms with Crippen molar-refractivity contribution in [3.8, 4) is 5.75 Å². The highest BCUT2D eigenvalue weighted by atomic mass is 16.5. The summed E-state index contributed by atoms with van der Waals surface area (Å²) in [6.45, 7) is 1.97. The van der Waals surface area contributed by atoms with Crippen molar-refractivity contribution in [2.45, 2.75) is 13.5 Å². The first kappa shape index (κ1) is 16.5. The van der Waals surface area contributed by atoms with Crippen LogP contribution in [-0.2, 0) is 16.1 Å². The number of carbonyl (C=O) groups is 2. The number of amides is 1. The van der Waals surface area contributed by atoms with Gasteiger partial charge in [-0.15, -0.1) is 0 Å². The highest BCUT2D eigenvalue weighted by molar-refractivity contribution is 5.91. The van der Waals surface area contributed by atoms with Crippen LogP contribution in [-0.4, -0.2) is 25.6 Å². The maximum absolute atomic E-state index is 11.8. The number of hydrogen-bond acceptors (Lipinski definition) is 4. The molecule has 0 aliphatic heterocycles. The molecule has 0 heterocycles. The van der Waals surface area contributed by atoms with E-state index in [9.17, 15) is 9.59 Å². The molecule has 0 radical (unpaired) electrons. The number of aryl methyl sites for hydroxylation is 1. The van der Waals surface area contributed by atoms with Gasteiger partial charge in [-0.25, -0.2) is 4.79 Å². The number of esters is 1. The lowest BCUT2D eigenvalue weighted by molar-refractivity contribution is -0.124. The van der Waals surface area contributed by atoms with Crippen molar-refractivity contribution in [3.63, 3.8) is 0 Å². The number of hydrogen-bond donors (Lipinski definition) is 1. The van der Waals surface area contributed by atoms with Crippen LogP contribution < -0.4 is 10.1 Å². The Hall–Kier alpha value is -2.82. The van der Waals surface area contributed by atoms with Crippen molar-refractivity contribution in [1.82, 2.24) is 5.32 Å². The molecule has 0 atom stereocenters. The van der Waals surface area contributed by atoms with Gasteiger partial charge in [0, 0.05) is 6.54 Å². The molecule has 0 aromatic heterocycles. The topological polar surface area (TPSA) is 64.6 Å². The Morgan fingerprint density at radius 1 is 1.09 bits per heavy atom. The van der Waals surface area contributed by atoms with Gasteiger partial charge in [-0.05, 0) is 36.8 Å². The first-order chi connectivity index (χ1) is 11.1. The first-order valence-corrected chi connectivity index (χ1v) is 7.22. The molecule has 0 saturated heterocycles. The summed E-state index contributed by atoms with van der Waals surface area (Å²) in [5, 5.41) is 2.69. The lowest BCUT2D eigenvalue weighted by Gasteiger charge is -2.08. The van der Waals surface area contributed by atoms with Crippen LogP contribution in [0.15, 0.2) is 48.5 Å². The average molecular weight is 313 g/mol. The van der Waals surface area contributed by atoms with Crippen LogP contribution in [0, 0.1) is 6.92 Å². The van der Waals surface area contributed by atoms with Crippen LogP contribution >= 0.6 is 0 Å². The summed E-state index contributed by atoms with van der Waals surface area (Å²) in [5.74, 6) is -0.141. The van der Waals surface area contributed by atoms with Gasteiger partial charge in [0.25, 0.3) is 5.91 Å². The third-order valence-electron chi connectivity index (χ3n) is 3.25. The second-order valence-electron chi connectivity index (χ2n) is 5.07. The van der Waals surface area contributed by atoms with Gasteiger partial charge in [-0.2, -0.15) is 0 Å². The minimum absolute atomic E-state index is 0.309. The Kier molecular flexibility index (Phi) is 5.74. The van der Waals surface area contributed by atoms with Gasteiger partial charge in [0.05, 0.1) is 12.7 Å². The summed E-state index contributed by atoms with van der Waals surface area (Å²) in [5.41, 5.74) is 2.39. The molecule has 23 heavy (non-hydrogen) atoms. The number of benzene rings is 2. The fraction of sp³-hybridized carbons (Fsp3) is 0.222. The van der Waals surface area contributed by atoms with Crippen LogP contribution in [0.4, 0.5) is 0 Å². The lowest BCUT2D eigenvalue weighted by Crippen LogP contribution is -2.28. The fourth-order valence-electron chi connectivity index (χ4n) is 1.94. The molecule has 0 aliphatic carbocycles. The van der Waals surface area contributed by atoms with Gasteiger partial charge in [-0.3, -0.25) is 4.79 Å². The van der Waals surface area contributed by atoms with Crippen molar-refractivity contribution < 1.29 is 19.1 Å². The predicted molar refractivity (Wildman–Crippen MR) is 86.3 cm³/mol. The molecule has 2 aromatic rings. The van der Waals surface area contributed by atoms with Crippen LogP contribution in [0.1, 0.15) is 21.5 Å². The lowest BCUT2D eigenvalue weighted by atomic mass is 10.1. The third kappa shape index (κ3) is 5.14. The molecule has 0 spiro atoms. The number of carbonyl (C=O) groups excluding carboxylic acids is 2. The Bertz CT molecular complexity index is 680. The monoisotopic (exact) mass is 313 g/mol. The van der Waals surface area contributed by atoms with Crippen molar-refractivity contribution in [3.05, 3.63) is 65.2 Å². The Labute approximate surface area is 135 Å². The van der Waals surface area contributed by atoms with E-state index in [4.69, 9.17) is 9.47 Å². The molecule has 0 bridgehead atoms. The average Bonchev–Trinajstić information content (AvgIpc) is 2.58. The van der Waals surface area contributed by atoms with E-state index >= 15 is 0 Å². The summed E-state index contributed by atoms with van der Waals surface area (Å²) in [4.78, 5) is 23.5. The summed E-state index contributed by atoms with van der Waals surface area (Å²) < 4.78 is 10.1. The van der Waals surface area contributed by atoms with E-state index in [1.54, 1.807) is 19.2 Å². The Morgan fingerprint density at radius 3 is 2.52 bits per heavy atom. The molecular weight excluding hydrogens is 294 g/mol. The minimum atomic E-state index is -0.512. The van der Waals surface area contributed by atoms with Crippen LogP contribution in [0.25, 0.3) is 0 Å². The van der Waals surface area contributed by atoms with Gasteiger partial charge in [0.1, 0.15) is 5.75 Å². The molecule has 1 N–H and O–H groups in total. The summed E-state index contributed by atoms with van der Waals surface area (Å²) >= 11 is 0. The molecule has 0 fully saturated rings. The molecule has 2 rings (SSSR count). The maximum Gasteiger partial charge on any atom is 0.338 e. The van der Waals surface area contributed by atoms with E-state index in [0.29, 0.717) is 12.1 Å². The second-order valence-corrected chi connectivity index (χ2v) is 5.07. The number of nitrogens with one attached hydrogen (secondary N) is 1. The Balaban J connectivity index is 1.78. The number of ether oxygens (including phenoxy) is 2. The zero-order chi connectivity index (χ0) is 16.7. The zero-order valence-electron chi connectivity index (χ0n) is 13.2. The molecule has 5 heteroatoms. The first-order valence-electron chi connectivity index (χ1n) is 7.22. The van der Waals surface area contributed by atoms with Crippen molar-refractivity contribution in [2.75, 3.05) is 13.7 Å². The van der Waals surface area contributed by atoms with Crippen LogP contribution in [0.5, 0.6) is 5.75 Å². The molecule has 0 aliphatic rings. The predicted octanol–water partition coefficient (Wildman–Crippen LogP) is 2.48. The van der Waals surface area contributed by atoms with Gasteiger partial charge in [0.15, 0.2) is 6.61 Å². The minimum Gasteiger partial charge on any atom is -0.497 e. The summed E-state index contributed by atoms with van der Waals surface area (Å²) in [6.07, 6.45) is 0. The largest absolute Gasteiger partial charge is 0.497 e. The van der Waals surface area contributed by atoms with Crippen molar-refractivity contribution in [2.24, 2.45) is 0 Å². The van der Waals surface area contributed by atoms with E-state index in [1.165, 1.54) is 0 Å². The van der Waals surface area contributed by atoms with E-state index in [1.807, 2.05) is 43.3 Å². The molecule has 0 saturated carbocycles. The number of methoxy groups -OCH3 is 1. The van der Waals surface area contributed by atoms with Gasteiger partial charge < -0.3 is 14.8 Å². The number of rotatable bonds is 6. The van der Waals surface area contributed by atoms with Crippen LogP contribution in [0.3, 0.4) is 0 Å². The standard InChI is InChI=1S/C18H19NO4/c1-13-6-8-15(9-7-13)18(21)23-12-17(20)19-11-14-4-3-5-16(10-14)22-2/h3-10H,11-12H2,1-2H3,(H,19,20). The summed E-state index contributed by atoms with van der Waals surface area (Å²) in [7, 11) is 1.59. The van der Waals surface area contributed by atoms with Gasteiger partial charge in [0.2, 0.25) is 0 Å². The fourth-order valence-corrected chi connectivity index (χ4v) is 1.94. The molecule has 5 nitrogen and oxygen atoms in total. The molecular formula is C18H19NO4. The second kappa shape index (κ2) is 7.98. The van der Waals surface area contributed by atoms with Crippen LogP contribution in [0.2, 0.25) is 0 Å². The van der Waals surface area contributed by atoms with Gasteiger partial charge in [-0.1, -0.05) is 29.8 Å². The Morgan fingerprint density at radius 2 is 1.83 bits per heavy atom. The smallest absolute Gasteiger partial charge is 0.338 e. The van der Waals surface area contributed by atoms with E-state index in [2.05, 4.69) is 5.32 Å². The highest BCUT2D eigenvalue weighted by Gasteiger charge is 2.09. The molecule has 120 valence electrons. The molecule has 1 amide bonds. The molecule has 0 unspecified atom stereocenters. The SMILES string of the molecule is COc1cccc(CNC(=O)COC(=O)c2ccc(C)cc2)c1. The van der Waals surface area contributed by atoms with Crippen molar-refractivity contribution >= 4 is 11.9 Å². The normalized spacial score (nSPS) is 10.0.